The molecule has 274 valence electrons. The number of amides is 1. The third-order valence-electron chi connectivity index (χ3n) is 8.50. The van der Waals surface area contributed by atoms with Crippen LogP contribution >= 0.6 is 0 Å². The van der Waals surface area contributed by atoms with Gasteiger partial charge in [0.15, 0.2) is 0 Å². The lowest BCUT2D eigenvalue weighted by atomic mass is 10.1. The number of aliphatic hydroxyl groups excluding tert-OH is 1. The van der Waals surface area contributed by atoms with Crippen molar-refractivity contribution in [2.75, 3.05) is 5.75 Å². The maximum absolute atomic E-state index is 12.5. The van der Waals surface area contributed by atoms with Gasteiger partial charge in [0, 0.05) is 6.42 Å². The molecule has 0 fully saturated rings. The van der Waals surface area contributed by atoms with Crippen LogP contribution in [0.15, 0.2) is 48.6 Å². The van der Waals surface area contributed by atoms with E-state index in [2.05, 4.69) is 55.6 Å². The fraction of sp³-hybridized carbons (Fsp3) is 0.775. The minimum atomic E-state index is -4.34. The molecule has 7 heteroatoms. The molecule has 2 atom stereocenters. The van der Waals surface area contributed by atoms with E-state index in [9.17, 15) is 22.9 Å². The molecule has 6 nitrogen and oxygen atoms in total. The molecule has 0 spiro atoms. The molecule has 2 unspecified atom stereocenters. The molecule has 0 bridgehead atoms. The van der Waals surface area contributed by atoms with E-state index in [1.54, 1.807) is 6.08 Å². The van der Waals surface area contributed by atoms with Crippen LogP contribution in [0.4, 0.5) is 0 Å². The Morgan fingerprint density at radius 2 is 0.957 bits per heavy atom. The molecule has 0 radical (unpaired) electrons. The van der Waals surface area contributed by atoms with Crippen LogP contribution in [0.25, 0.3) is 0 Å². The first-order chi connectivity index (χ1) is 22.8. The molecule has 0 heterocycles. The van der Waals surface area contributed by atoms with Crippen molar-refractivity contribution in [3.63, 3.8) is 0 Å². The van der Waals surface area contributed by atoms with Gasteiger partial charge in [-0.05, 0) is 57.8 Å². The molecular formula is C40H73NO5S. The lowest BCUT2D eigenvalue weighted by Crippen LogP contribution is -2.46. The lowest BCUT2D eigenvalue weighted by Gasteiger charge is -2.21. The van der Waals surface area contributed by atoms with Gasteiger partial charge in [-0.1, -0.05) is 165 Å². The molecule has 0 saturated carbocycles. The summed E-state index contributed by atoms with van der Waals surface area (Å²) in [7, 11) is -4.34. The molecule has 1 amide bonds. The zero-order valence-electron chi connectivity index (χ0n) is 30.4. The van der Waals surface area contributed by atoms with Crippen LogP contribution in [-0.4, -0.2) is 41.9 Å². The molecule has 0 aromatic heterocycles. The summed E-state index contributed by atoms with van der Waals surface area (Å²) in [5.74, 6) is -0.998. The van der Waals surface area contributed by atoms with Crippen molar-refractivity contribution in [2.45, 2.75) is 193 Å². The number of hydrogen-bond donors (Lipinski definition) is 3. The van der Waals surface area contributed by atoms with Crippen molar-refractivity contribution in [3.8, 4) is 0 Å². The van der Waals surface area contributed by atoms with Crippen LogP contribution in [0.1, 0.15) is 181 Å². The van der Waals surface area contributed by atoms with Crippen molar-refractivity contribution >= 4 is 16.0 Å². The second-order valence-electron chi connectivity index (χ2n) is 13.2. The number of aliphatic hydroxyl groups is 1. The van der Waals surface area contributed by atoms with Gasteiger partial charge < -0.3 is 10.4 Å². The standard InChI is InChI=1S/C40H73NO5S/c1-3-5-7-9-11-13-15-16-17-18-19-20-21-22-23-24-26-28-30-32-34-36-40(43)41-38(37-47(44,45)46)39(42)35-33-31-29-27-25-14-12-10-8-6-4-2/h15-16,18-19,21-22,33,35,38-39,42H,3-14,17,20,23-32,34,36-37H2,1-2H3,(H,41,43)(H,44,45,46)/b16-15-,19-18-,22-21-,35-33+. The molecule has 47 heavy (non-hydrogen) atoms. The number of allylic oxidation sites excluding steroid dienone is 7. The van der Waals surface area contributed by atoms with Gasteiger partial charge >= 0.3 is 0 Å². The summed E-state index contributed by atoms with van der Waals surface area (Å²) in [6.45, 7) is 4.48. The SMILES string of the molecule is CCCCCCC/C=C\C/C=C\C/C=C\CCCCCCCCC(=O)NC(CS(=O)(=O)O)C(O)/C=C/CCCCCCCCCCC. The van der Waals surface area contributed by atoms with Gasteiger partial charge in [0.05, 0.1) is 17.9 Å². The van der Waals surface area contributed by atoms with Crippen molar-refractivity contribution < 1.29 is 22.9 Å². The molecule has 0 rings (SSSR count). The largest absolute Gasteiger partial charge is 0.387 e. The number of hydrogen-bond acceptors (Lipinski definition) is 4. The Hall–Kier alpha value is -1.70. The molecule has 0 aliphatic carbocycles. The predicted molar refractivity (Wildman–Crippen MR) is 202 cm³/mol. The molecular weight excluding hydrogens is 607 g/mol. The van der Waals surface area contributed by atoms with Crippen molar-refractivity contribution in [3.05, 3.63) is 48.6 Å². The summed E-state index contributed by atoms with van der Waals surface area (Å²) < 4.78 is 32.3. The highest BCUT2D eigenvalue weighted by molar-refractivity contribution is 7.85. The third kappa shape index (κ3) is 35.4. The zero-order valence-corrected chi connectivity index (χ0v) is 31.2. The zero-order chi connectivity index (χ0) is 34.7. The second-order valence-corrected chi connectivity index (χ2v) is 14.7. The minimum absolute atomic E-state index is 0.280. The van der Waals surface area contributed by atoms with Crippen LogP contribution in [0.2, 0.25) is 0 Å². The highest BCUT2D eigenvalue weighted by Crippen LogP contribution is 2.12. The number of carbonyl (C=O) groups excluding carboxylic acids is 1. The lowest BCUT2D eigenvalue weighted by molar-refractivity contribution is -0.122. The Morgan fingerprint density at radius 3 is 1.40 bits per heavy atom. The average Bonchev–Trinajstić information content (AvgIpc) is 3.03. The quantitative estimate of drug-likeness (QED) is 0.0357. The molecule has 3 N–H and O–H groups in total. The summed E-state index contributed by atoms with van der Waals surface area (Å²) in [5.41, 5.74) is 0. The second kappa shape index (κ2) is 34.2. The van der Waals surface area contributed by atoms with Crippen LogP contribution < -0.4 is 5.32 Å². The first kappa shape index (κ1) is 45.3. The van der Waals surface area contributed by atoms with Crippen LogP contribution in [0.3, 0.4) is 0 Å². The summed E-state index contributed by atoms with van der Waals surface area (Å²) in [4.78, 5) is 12.5. The average molecular weight is 680 g/mol. The van der Waals surface area contributed by atoms with Crippen LogP contribution in [0, 0.1) is 0 Å². The van der Waals surface area contributed by atoms with Crippen LogP contribution in [0.5, 0.6) is 0 Å². The number of unbranched alkanes of at least 4 members (excludes halogenated alkanes) is 20. The third-order valence-corrected chi connectivity index (χ3v) is 9.28. The van der Waals surface area contributed by atoms with E-state index < -0.39 is 28.0 Å². The Balaban J connectivity index is 3.96. The van der Waals surface area contributed by atoms with Gasteiger partial charge in [-0.2, -0.15) is 8.42 Å². The smallest absolute Gasteiger partial charge is 0.267 e. The minimum Gasteiger partial charge on any atom is -0.387 e. The van der Waals surface area contributed by atoms with Gasteiger partial charge in [-0.15, -0.1) is 0 Å². The first-order valence-corrected chi connectivity index (χ1v) is 20.9. The Kier molecular flexibility index (Phi) is 32.9. The van der Waals surface area contributed by atoms with E-state index in [0.29, 0.717) is 0 Å². The van der Waals surface area contributed by atoms with Gasteiger partial charge in [-0.25, -0.2) is 0 Å². The van der Waals surface area contributed by atoms with E-state index in [4.69, 9.17) is 0 Å². The molecule has 0 aromatic carbocycles. The Labute approximate surface area is 290 Å². The summed E-state index contributed by atoms with van der Waals surface area (Å²) in [6.07, 6.45) is 45.2. The maximum Gasteiger partial charge on any atom is 0.267 e. The summed E-state index contributed by atoms with van der Waals surface area (Å²) in [6, 6.07) is -1.06. The van der Waals surface area contributed by atoms with Gasteiger partial charge in [0.1, 0.15) is 0 Å². The topological polar surface area (TPSA) is 104 Å². The fourth-order valence-corrected chi connectivity index (χ4v) is 6.31. The number of nitrogens with one attached hydrogen (secondary N) is 1. The van der Waals surface area contributed by atoms with Crippen molar-refractivity contribution in [1.82, 2.24) is 5.32 Å². The van der Waals surface area contributed by atoms with E-state index >= 15 is 0 Å². The Bertz CT molecular complexity index is 925. The molecule has 0 aliphatic rings. The molecule has 0 aromatic rings. The molecule has 0 saturated heterocycles. The van der Waals surface area contributed by atoms with E-state index in [0.717, 1.165) is 64.2 Å². The first-order valence-electron chi connectivity index (χ1n) is 19.3. The van der Waals surface area contributed by atoms with E-state index in [1.165, 1.54) is 96.3 Å². The molecule has 0 aliphatic heterocycles. The number of rotatable bonds is 34. The normalized spacial score (nSPS) is 13.9. The Morgan fingerprint density at radius 1 is 0.574 bits per heavy atom. The van der Waals surface area contributed by atoms with Gasteiger partial charge in [0.25, 0.3) is 10.1 Å². The monoisotopic (exact) mass is 680 g/mol. The maximum atomic E-state index is 12.5. The van der Waals surface area contributed by atoms with E-state index in [1.807, 2.05) is 6.08 Å². The summed E-state index contributed by atoms with van der Waals surface area (Å²) >= 11 is 0. The predicted octanol–water partition coefficient (Wildman–Crippen LogP) is 11.1. The number of carbonyl (C=O) groups is 1. The fourth-order valence-electron chi connectivity index (χ4n) is 5.57. The van der Waals surface area contributed by atoms with Crippen molar-refractivity contribution in [2.24, 2.45) is 0 Å². The van der Waals surface area contributed by atoms with E-state index in [-0.39, 0.29) is 12.3 Å². The highest BCUT2D eigenvalue weighted by atomic mass is 32.2. The van der Waals surface area contributed by atoms with Crippen molar-refractivity contribution in [1.29, 1.82) is 0 Å². The summed E-state index contributed by atoms with van der Waals surface area (Å²) in [5, 5.41) is 13.2. The van der Waals surface area contributed by atoms with Crippen LogP contribution in [-0.2, 0) is 14.9 Å². The highest BCUT2D eigenvalue weighted by Gasteiger charge is 2.24. The van der Waals surface area contributed by atoms with Gasteiger partial charge in [0.2, 0.25) is 5.91 Å². The van der Waals surface area contributed by atoms with Gasteiger partial charge in [-0.3, -0.25) is 9.35 Å².